The van der Waals surface area contributed by atoms with Crippen LogP contribution in [0.5, 0.6) is 0 Å². The number of carbonyl (C=O) groups excluding carboxylic acids is 2. The third-order valence-corrected chi connectivity index (χ3v) is 6.95. The van der Waals surface area contributed by atoms with E-state index < -0.39 is 6.10 Å². The Bertz CT molecular complexity index is 845. The van der Waals surface area contributed by atoms with Crippen LogP contribution in [0.1, 0.15) is 21.3 Å². The highest BCUT2D eigenvalue weighted by Crippen LogP contribution is 2.16. The van der Waals surface area contributed by atoms with Crippen LogP contribution < -0.4 is 0 Å². The number of hydrogen-bond acceptors (Lipinski definition) is 6. The molecule has 0 bridgehead atoms. The fourth-order valence-electron chi connectivity index (χ4n) is 4.16. The van der Waals surface area contributed by atoms with Crippen LogP contribution in [0.4, 0.5) is 0 Å². The molecule has 1 aromatic carbocycles. The minimum atomic E-state index is -0.484. The van der Waals surface area contributed by atoms with Gasteiger partial charge in [0.1, 0.15) is 0 Å². The molecule has 2 aliphatic heterocycles. The number of benzene rings is 1. The topological polar surface area (TPSA) is 67.3 Å². The number of nitrogens with zero attached hydrogens (tertiary/aromatic N) is 4. The lowest BCUT2D eigenvalue weighted by molar-refractivity contribution is -0.134. The Balaban J connectivity index is 1.17. The number of carbonyl (C=O) groups is 2. The van der Waals surface area contributed by atoms with E-state index in [2.05, 4.69) is 9.80 Å². The molecule has 2 fully saturated rings. The van der Waals surface area contributed by atoms with Gasteiger partial charge >= 0.3 is 0 Å². The van der Waals surface area contributed by atoms with Gasteiger partial charge in [0, 0.05) is 58.9 Å². The molecule has 2 aromatic rings. The zero-order chi connectivity index (χ0) is 21.6. The van der Waals surface area contributed by atoms with Gasteiger partial charge in [-0.25, -0.2) is 0 Å². The molecule has 2 amide bonds. The highest BCUT2D eigenvalue weighted by atomic mass is 32.1. The van der Waals surface area contributed by atoms with Crippen LogP contribution in [0.3, 0.4) is 0 Å². The van der Waals surface area contributed by atoms with Gasteiger partial charge in [-0.15, -0.1) is 11.3 Å². The molecule has 2 aliphatic rings. The Morgan fingerprint density at radius 2 is 1.48 bits per heavy atom. The monoisotopic (exact) mass is 442 g/mol. The predicted octanol–water partition coefficient (Wildman–Crippen LogP) is 1.38. The third kappa shape index (κ3) is 5.71. The van der Waals surface area contributed by atoms with E-state index in [9.17, 15) is 14.7 Å². The van der Waals surface area contributed by atoms with Crippen molar-refractivity contribution in [1.29, 1.82) is 0 Å². The van der Waals surface area contributed by atoms with Gasteiger partial charge in [-0.2, -0.15) is 0 Å². The van der Waals surface area contributed by atoms with Crippen molar-refractivity contribution in [1.82, 2.24) is 19.6 Å². The number of rotatable bonds is 6. The van der Waals surface area contributed by atoms with Crippen LogP contribution >= 0.6 is 11.3 Å². The third-order valence-electron chi connectivity index (χ3n) is 6.09. The Kier molecular flexibility index (Phi) is 7.34. The maximum absolute atomic E-state index is 12.7. The highest BCUT2D eigenvalue weighted by molar-refractivity contribution is 7.12. The molecule has 0 saturated carbocycles. The first-order chi connectivity index (χ1) is 15.1. The average Bonchev–Trinajstić information content (AvgIpc) is 3.35. The largest absolute Gasteiger partial charge is 0.387 e. The fourth-order valence-corrected chi connectivity index (χ4v) is 4.85. The lowest BCUT2D eigenvalue weighted by atomic mass is 10.1. The summed E-state index contributed by atoms with van der Waals surface area (Å²) in [5.74, 6) is 0.205. The van der Waals surface area contributed by atoms with Crippen LogP contribution in [0, 0.1) is 0 Å². The second kappa shape index (κ2) is 10.4. The molecule has 7 nitrogen and oxygen atoms in total. The molecule has 1 N–H and O–H groups in total. The molecule has 1 atom stereocenters. The second-order valence-electron chi connectivity index (χ2n) is 8.15. The minimum Gasteiger partial charge on any atom is -0.387 e. The van der Waals surface area contributed by atoms with Crippen molar-refractivity contribution in [2.75, 3.05) is 65.4 Å². The van der Waals surface area contributed by atoms with Gasteiger partial charge in [-0.05, 0) is 17.0 Å². The van der Waals surface area contributed by atoms with E-state index in [0.29, 0.717) is 39.3 Å². The second-order valence-corrected chi connectivity index (χ2v) is 9.10. The van der Waals surface area contributed by atoms with Crippen molar-refractivity contribution in [3.8, 4) is 0 Å². The summed E-state index contributed by atoms with van der Waals surface area (Å²) < 4.78 is 0. The summed E-state index contributed by atoms with van der Waals surface area (Å²) in [6.45, 7) is 6.76. The molecule has 0 spiro atoms. The van der Waals surface area contributed by atoms with Crippen LogP contribution in [0.2, 0.25) is 0 Å². The highest BCUT2D eigenvalue weighted by Gasteiger charge is 2.27. The zero-order valence-corrected chi connectivity index (χ0v) is 18.5. The van der Waals surface area contributed by atoms with E-state index in [0.717, 1.165) is 36.6 Å². The van der Waals surface area contributed by atoms with Gasteiger partial charge in [0.2, 0.25) is 5.91 Å². The number of aliphatic hydroxyl groups is 1. The number of piperazine rings is 2. The summed E-state index contributed by atoms with van der Waals surface area (Å²) in [6.07, 6.45) is -0.484. The number of amides is 2. The molecule has 3 heterocycles. The summed E-state index contributed by atoms with van der Waals surface area (Å²) in [4.78, 5) is 34.1. The van der Waals surface area contributed by atoms with Crippen LogP contribution in [-0.4, -0.2) is 102 Å². The SMILES string of the molecule is O=C(CN1CCN(CC(O)c2ccccc2)CC1)N1CCN(C(=O)c2cccs2)CC1. The molecule has 4 rings (SSSR count). The van der Waals surface area contributed by atoms with Crippen molar-refractivity contribution in [3.05, 3.63) is 58.3 Å². The smallest absolute Gasteiger partial charge is 0.264 e. The maximum atomic E-state index is 12.7. The summed E-state index contributed by atoms with van der Waals surface area (Å²) in [5.41, 5.74) is 0.941. The first-order valence-corrected chi connectivity index (χ1v) is 11.8. The standard InChI is InChI=1S/C23H30N4O3S/c28-20(19-5-2-1-3-6-19)17-24-8-10-25(11-9-24)18-22(29)26-12-14-27(15-13-26)23(30)21-7-4-16-31-21/h1-7,16,20,28H,8-15,17-18H2. The molecule has 166 valence electrons. The van der Waals surface area contributed by atoms with Gasteiger partial charge in [-0.1, -0.05) is 36.4 Å². The van der Waals surface area contributed by atoms with Gasteiger partial charge in [-0.3, -0.25) is 19.4 Å². The number of hydrogen-bond donors (Lipinski definition) is 1. The van der Waals surface area contributed by atoms with Gasteiger partial charge in [0.05, 0.1) is 17.5 Å². The molecule has 8 heteroatoms. The molecular weight excluding hydrogens is 412 g/mol. The fraction of sp³-hybridized carbons (Fsp3) is 0.478. The van der Waals surface area contributed by atoms with E-state index in [1.165, 1.54) is 11.3 Å². The van der Waals surface area contributed by atoms with Crippen LogP contribution in [-0.2, 0) is 4.79 Å². The van der Waals surface area contributed by atoms with Crippen molar-refractivity contribution < 1.29 is 14.7 Å². The normalized spacial score (nSPS) is 19.4. The maximum Gasteiger partial charge on any atom is 0.264 e. The van der Waals surface area contributed by atoms with Gasteiger partial charge in [0.15, 0.2) is 0 Å². The van der Waals surface area contributed by atoms with Crippen molar-refractivity contribution in [3.63, 3.8) is 0 Å². The zero-order valence-electron chi connectivity index (χ0n) is 17.7. The lowest BCUT2D eigenvalue weighted by Crippen LogP contribution is -2.54. The van der Waals surface area contributed by atoms with E-state index in [-0.39, 0.29) is 11.8 Å². The summed E-state index contributed by atoms with van der Waals surface area (Å²) in [6, 6.07) is 13.5. The molecule has 1 unspecified atom stereocenters. The Morgan fingerprint density at radius 3 is 2.13 bits per heavy atom. The minimum absolute atomic E-state index is 0.0657. The average molecular weight is 443 g/mol. The van der Waals surface area contributed by atoms with E-state index >= 15 is 0 Å². The summed E-state index contributed by atoms with van der Waals surface area (Å²) in [5, 5.41) is 12.3. The molecule has 0 aliphatic carbocycles. The van der Waals surface area contributed by atoms with Gasteiger partial charge in [0.25, 0.3) is 5.91 Å². The van der Waals surface area contributed by atoms with Crippen molar-refractivity contribution in [2.24, 2.45) is 0 Å². The quantitative estimate of drug-likeness (QED) is 0.732. The van der Waals surface area contributed by atoms with E-state index in [1.807, 2.05) is 57.6 Å². The van der Waals surface area contributed by atoms with Crippen molar-refractivity contribution in [2.45, 2.75) is 6.10 Å². The first kappa shape index (κ1) is 22.0. The predicted molar refractivity (Wildman–Crippen MR) is 121 cm³/mol. The van der Waals surface area contributed by atoms with E-state index in [1.54, 1.807) is 0 Å². The Hall–Kier alpha value is -2.26. The van der Waals surface area contributed by atoms with E-state index in [4.69, 9.17) is 0 Å². The van der Waals surface area contributed by atoms with Crippen LogP contribution in [0.15, 0.2) is 47.8 Å². The lowest BCUT2D eigenvalue weighted by Gasteiger charge is -2.38. The summed E-state index contributed by atoms with van der Waals surface area (Å²) >= 11 is 1.46. The summed E-state index contributed by atoms with van der Waals surface area (Å²) in [7, 11) is 0. The molecule has 1 aromatic heterocycles. The van der Waals surface area contributed by atoms with Crippen molar-refractivity contribution >= 4 is 23.2 Å². The Labute approximate surface area is 187 Å². The Morgan fingerprint density at radius 1 is 0.839 bits per heavy atom. The first-order valence-electron chi connectivity index (χ1n) is 10.9. The van der Waals surface area contributed by atoms with Gasteiger partial charge < -0.3 is 14.9 Å². The van der Waals surface area contributed by atoms with Crippen LogP contribution in [0.25, 0.3) is 0 Å². The number of thiophene rings is 1. The molecule has 0 radical (unpaired) electrons. The number of aliphatic hydroxyl groups excluding tert-OH is 1. The molecular formula is C23H30N4O3S. The number of β-amino-alcohol motifs (C(OH)–C–C–N with tert-alkyl or cyclic N) is 1. The molecule has 2 saturated heterocycles. The molecule has 31 heavy (non-hydrogen) atoms.